The van der Waals surface area contributed by atoms with E-state index in [1.54, 1.807) is 49.2 Å². The highest BCUT2D eigenvalue weighted by atomic mass is 31.2. The molecule has 0 bridgehead atoms. The highest BCUT2D eigenvalue weighted by Crippen LogP contribution is 2.44. The van der Waals surface area contributed by atoms with Crippen molar-refractivity contribution >= 4 is 42.3 Å². The molecule has 2 fully saturated rings. The lowest BCUT2D eigenvalue weighted by molar-refractivity contribution is -0.118. The lowest BCUT2D eigenvalue weighted by atomic mass is 9.96. The topological polar surface area (TPSA) is 301 Å². The number of nitrogen functional groups attached to an aromatic ring is 2. The quantitative estimate of drug-likeness (QED) is 0.0917. The molecular weight excluding hydrogens is 683 g/mol. The molecule has 50 heavy (non-hydrogen) atoms. The fourth-order valence-electron chi connectivity index (χ4n) is 6.45. The number of fused-ring (bicyclic) bond motifs is 2. The number of ether oxygens (including phenoxy) is 4. The summed E-state index contributed by atoms with van der Waals surface area (Å²) in [4.78, 5) is 47.1. The Labute approximate surface area is 285 Å². The third-order valence-corrected chi connectivity index (χ3v) is 10.0. The summed E-state index contributed by atoms with van der Waals surface area (Å²) in [6, 6.07) is 0. The summed E-state index contributed by atoms with van der Waals surface area (Å²) in [6.45, 7) is 6.36. The van der Waals surface area contributed by atoms with Crippen LogP contribution in [0.25, 0.3) is 22.1 Å². The van der Waals surface area contributed by atoms with Gasteiger partial charge in [0.15, 0.2) is 32.1 Å². The Balaban J connectivity index is 0.000000197. The molecule has 2 aliphatic rings. The number of methoxy groups -OCH3 is 2. The van der Waals surface area contributed by atoms with E-state index in [0.29, 0.717) is 33.2 Å². The summed E-state index contributed by atoms with van der Waals surface area (Å²) in [7, 11) is 0.877. The van der Waals surface area contributed by atoms with E-state index < -0.39 is 62.8 Å². The fourth-order valence-corrected chi connectivity index (χ4v) is 6.85. The maximum absolute atomic E-state index is 12.2. The Hall–Kier alpha value is -3.53. The molecule has 4 aromatic heterocycles. The number of nitrogens with two attached hydrogens (primary N) is 2. The van der Waals surface area contributed by atoms with Gasteiger partial charge in [0.1, 0.15) is 42.0 Å². The molecule has 2 aliphatic heterocycles. The number of rotatable bonds is 9. The summed E-state index contributed by atoms with van der Waals surface area (Å²) in [5, 5.41) is 40.2. The van der Waals surface area contributed by atoms with Crippen LogP contribution in [-0.4, -0.2) is 124 Å². The Kier molecular flexibility index (Phi) is 10.7. The molecule has 20 nitrogen and oxygen atoms in total. The van der Waals surface area contributed by atoms with Crippen molar-refractivity contribution in [2.45, 2.75) is 75.8 Å². The smallest absolute Gasteiger partial charge is 0.262 e. The van der Waals surface area contributed by atoms with E-state index in [1.165, 1.54) is 14.2 Å². The van der Waals surface area contributed by atoms with Crippen LogP contribution >= 0.6 is 8.38 Å². The molecule has 11 N–H and O–H groups in total. The number of hydrogen-bond acceptors (Lipinski definition) is 16. The number of nitrogens with zero attached hydrogens (tertiary/aromatic N) is 4. The van der Waals surface area contributed by atoms with Gasteiger partial charge in [0.05, 0.1) is 24.0 Å². The molecule has 3 unspecified atom stereocenters. The average Bonchev–Trinajstić information content (AvgIpc) is 3.74. The van der Waals surface area contributed by atoms with Gasteiger partial charge in [-0.15, -0.1) is 0 Å². The predicted octanol–water partition coefficient (Wildman–Crippen LogP) is -1.18. The van der Waals surface area contributed by atoms with Gasteiger partial charge in [-0.2, -0.15) is 9.97 Å². The zero-order chi connectivity index (χ0) is 36.9. The SMILES string of the molecule is CO[C@]1(C)C(O)[C@@H](CO)O[C@H]1n1cc(C)c2c(=O)[nH]c(N)nc21.CO[C@]1(C)C(O)[C@@H](COP(O)CO)O[C@H]1n1cc(C)c2c(=O)[nH]c(N)nc21. The van der Waals surface area contributed by atoms with Crippen molar-refractivity contribution in [3.05, 3.63) is 44.2 Å². The molecule has 9 atom stereocenters. The van der Waals surface area contributed by atoms with Crippen LogP contribution in [0, 0.1) is 13.8 Å². The van der Waals surface area contributed by atoms with Crippen molar-refractivity contribution in [2.75, 3.05) is 45.2 Å². The molecule has 276 valence electrons. The van der Waals surface area contributed by atoms with Crippen LogP contribution in [0.5, 0.6) is 0 Å². The third-order valence-electron chi connectivity index (χ3n) is 9.32. The first-order valence-corrected chi connectivity index (χ1v) is 16.8. The lowest BCUT2D eigenvalue weighted by Gasteiger charge is -2.32. The number of nitrogens with one attached hydrogen (secondary N) is 2. The molecule has 2 saturated heterocycles. The second-order valence-corrected chi connectivity index (χ2v) is 13.7. The molecule has 6 rings (SSSR count). The van der Waals surface area contributed by atoms with Crippen molar-refractivity contribution in [1.29, 1.82) is 0 Å². The molecule has 0 saturated carbocycles. The first kappa shape index (κ1) is 37.7. The highest BCUT2D eigenvalue weighted by molar-refractivity contribution is 7.45. The molecule has 6 heterocycles. The maximum atomic E-state index is 12.2. The minimum atomic E-state index is -2.01. The number of aryl methyl sites for hydroxylation is 2. The number of aromatic nitrogens is 6. The Bertz CT molecular complexity index is 1970. The number of aliphatic hydroxyl groups is 4. The van der Waals surface area contributed by atoms with Crippen LogP contribution in [0.3, 0.4) is 0 Å². The number of H-pyrrole nitrogens is 2. The summed E-state index contributed by atoms with van der Waals surface area (Å²) in [6.07, 6.45) is -2.54. The van der Waals surface area contributed by atoms with Gasteiger partial charge < -0.3 is 69.4 Å². The van der Waals surface area contributed by atoms with E-state index in [4.69, 9.17) is 40.0 Å². The van der Waals surface area contributed by atoms with Gasteiger partial charge in [0.25, 0.3) is 11.1 Å². The Morgan fingerprint density at radius 1 is 0.860 bits per heavy atom. The van der Waals surface area contributed by atoms with Gasteiger partial charge in [-0.3, -0.25) is 19.6 Å². The number of hydrogen-bond donors (Lipinski definition) is 9. The molecule has 0 spiro atoms. The molecule has 21 heteroatoms. The van der Waals surface area contributed by atoms with Gasteiger partial charge in [-0.1, -0.05) is 0 Å². The monoisotopic (exact) mass is 726 g/mol. The van der Waals surface area contributed by atoms with Crippen molar-refractivity contribution in [3.63, 3.8) is 0 Å². The van der Waals surface area contributed by atoms with Gasteiger partial charge in [0.2, 0.25) is 11.9 Å². The minimum absolute atomic E-state index is 0.0155. The summed E-state index contributed by atoms with van der Waals surface area (Å²) in [5.41, 5.74) is 10.3. The van der Waals surface area contributed by atoms with E-state index in [9.17, 15) is 29.8 Å². The second-order valence-electron chi connectivity index (χ2n) is 12.4. The number of aromatic amines is 2. The van der Waals surface area contributed by atoms with Crippen LogP contribution in [-0.2, 0) is 23.5 Å². The molecule has 0 aromatic carbocycles. The van der Waals surface area contributed by atoms with Gasteiger partial charge in [-0.25, -0.2) is 0 Å². The zero-order valence-corrected chi connectivity index (χ0v) is 29.1. The second kappa shape index (κ2) is 14.2. The number of aliphatic hydroxyl groups excluding tert-OH is 4. The van der Waals surface area contributed by atoms with Crippen LogP contribution in [0.2, 0.25) is 0 Å². The molecular formula is C29H43N8O12P. The predicted molar refractivity (Wildman–Crippen MR) is 179 cm³/mol. The van der Waals surface area contributed by atoms with Crippen LogP contribution in [0.15, 0.2) is 22.0 Å². The molecule has 4 aromatic rings. The van der Waals surface area contributed by atoms with E-state index in [0.717, 1.165) is 0 Å². The van der Waals surface area contributed by atoms with E-state index >= 15 is 0 Å². The molecule has 0 amide bonds. The normalized spacial score (nSPS) is 30.2. The summed E-state index contributed by atoms with van der Waals surface area (Å²) in [5.74, 6) is -0.0588. The minimum Gasteiger partial charge on any atom is -0.394 e. The van der Waals surface area contributed by atoms with Crippen molar-refractivity contribution in [1.82, 2.24) is 29.1 Å². The summed E-state index contributed by atoms with van der Waals surface area (Å²) >= 11 is 0. The van der Waals surface area contributed by atoms with Crippen LogP contribution in [0.1, 0.15) is 37.4 Å². The maximum Gasteiger partial charge on any atom is 0.262 e. The van der Waals surface area contributed by atoms with Crippen molar-refractivity contribution < 1.29 is 48.8 Å². The molecule has 0 radical (unpaired) electrons. The van der Waals surface area contributed by atoms with E-state index in [-0.39, 0.29) is 36.2 Å². The fraction of sp³-hybridized carbons (Fsp3) is 0.586. The van der Waals surface area contributed by atoms with Crippen molar-refractivity contribution in [3.8, 4) is 0 Å². The first-order chi connectivity index (χ1) is 23.6. The average molecular weight is 727 g/mol. The lowest BCUT2D eigenvalue weighted by Crippen LogP contribution is -2.46. The number of anilines is 2. The van der Waals surface area contributed by atoms with Crippen LogP contribution < -0.4 is 22.6 Å². The first-order valence-electron chi connectivity index (χ1n) is 15.4. The Morgan fingerprint density at radius 2 is 1.28 bits per heavy atom. The van der Waals surface area contributed by atoms with Crippen LogP contribution in [0.4, 0.5) is 11.9 Å². The largest absolute Gasteiger partial charge is 0.394 e. The van der Waals surface area contributed by atoms with Crippen molar-refractivity contribution in [2.24, 2.45) is 0 Å². The third kappa shape index (κ3) is 6.30. The summed E-state index contributed by atoms with van der Waals surface area (Å²) < 4.78 is 31.1. The van der Waals surface area contributed by atoms with E-state index in [2.05, 4.69) is 19.9 Å². The standard InChI is InChI=1S/C15H23N4O7P.C14H20N4O5/c1-7-4-19(11-9(7)12(22)18-14(16)17-11)13-15(2,24-3)10(21)8(26-13)5-25-27(23)6-20;1-6-4-18(10-8(6)11(21)17-13(15)16-10)12-14(2,22-3)9(20)7(5-19)23-12/h4,8,10,13,20-21,23H,5-6H2,1-3H3,(H3,16,17,18,22);4,7,9,12,19-20H,5H2,1-3H3,(H3,15,16,17,21)/t8-,10?,13-,15-,27?;7-,9?,12-,14-/m11/s1. The Morgan fingerprint density at radius 3 is 1.68 bits per heavy atom. The van der Waals surface area contributed by atoms with Gasteiger partial charge in [0, 0.05) is 26.6 Å². The highest BCUT2D eigenvalue weighted by Gasteiger charge is 2.56. The van der Waals surface area contributed by atoms with Gasteiger partial charge in [-0.05, 0) is 38.8 Å². The van der Waals surface area contributed by atoms with E-state index in [1.807, 2.05) is 0 Å². The molecule has 0 aliphatic carbocycles. The zero-order valence-electron chi connectivity index (χ0n) is 28.2. The van der Waals surface area contributed by atoms with Gasteiger partial charge >= 0.3 is 0 Å².